The van der Waals surface area contributed by atoms with Crippen molar-refractivity contribution in [2.75, 3.05) is 23.5 Å². The highest BCUT2D eigenvalue weighted by Gasteiger charge is 2.31. The van der Waals surface area contributed by atoms with Crippen molar-refractivity contribution < 1.29 is 13.9 Å². The second kappa shape index (κ2) is 6.36. The van der Waals surface area contributed by atoms with Gasteiger partial charge in [0.15, 0.2) is 6.73 Å². The van der Waals surface area contributed by atoms with Crippen molar-refractivity contribution in [2.45, 2.75) is 13.0 Å². The molecule has 0 spiro atoms. The van der Waals surface area contributed by atoms with Crippen molar-refractivity contribution in [3.05, 3.63) is 53.5 Å². The SMILES string of the molecule is O=C1c2cnc(Nc3ccc4c(c3)CNCC4)nc2OCN1c1ncco1. The van der Waals surface area contributed by atoms with Crippen LogP contribution in [0.3, 0.4) is 0 Å². The van der Waals surface area contributed by atoms with Gasteiger partial charge in [-0.1, -0.05) is 6.07 Å². The van der Waals surface area contributed by atoms with Gasteiger partial charge >= 0.3 is 6.01 Å². The molecule has 2 aliphatic heterocycles. The molecule has 3 aromatic rings. The number of fused-ring (bicyclic) bond motifs is 2. The molecule has 9 heteroatoms. The number of carbonyl (C=O) groups excluding carboxylic acids is 1. The molecule has 0 unspecified atom stereocenters. The number of carbonyl (C=O) groups is 1. The molecule has 4 heterocycles. The summed E-state index contributed by atoms with van der Waals surface area (Å²) in [5, 5.41) is 6.53. The van der Waals surface area contributed by atoms with Crippen LogP contribution in [-0.2, 0) is 13.0 Å². The number of nitrogens with zero attached hydrogens (tertiary/aromatic N) is 4. The van der Waals surface area contributed by atoms with Crippen LogP contribution in [0.15, 0.2) is 41.3 Å². The van der Waals surface area contributed by atoms with Crippen molar-refractivity contribution in [1.82, 2.24) is 20.3 Å². The number of benzene rings is 1. The molecule has 5 rings (SSSR count). The maximum Gasteiger partial charge on any atom is 0.307 e. The first-order valence-corrected chi connectivity index (χ1v) is 8.59. The lowest BCUT2D eigenvalue weighted by atomic mass is 10.0. The third-order valence-electron chi connectivity index (χ3n) is 4.56. The van der Waals surface area contributed by atoms with E-state index in [1.54, 1.807) is 0 Å². The van der Waals surface area contributed by atoms with Gasteiger partial charge in [0.1, 0.15) is 11.8 Å². The number of hydrogen-bond acceptors (Lipinski definition) is 8. The van der Waals surface area contributed by atoms with Crippen LogP contribution in [0.2, 0.25) is 0 Å². The zero-order valence-corrected chi connectivity index (χ0v) is 14.3. The average Bonchev–Trinajstić information content (AvgIpc) is 3.23. The van der Waals surface area contributed by atoms with E-state index in [1.807, 2.05) is 6.07 Å². The van der Waals surface area contributed by atoms with Gasteiger partial charge < -0.3 is 19.8 Å². The molecule has 1 amide bonds. The van der Waals surface area contributed by atoms with Gasteiger partial charge in [-0.2, -0.15) is 4.98 Å². The predicted molar refractivity (Wildman–Crippen MR) is 96.0 cm³/mol. The zero-order valence-electron chi connectivity index (χ0n) is 14.3. The Labute approximate surface area is 154 Å². The molecule has 0 bridgehead atoms. The number of anilines is 3. The van der Waals surface area contributed by atoms with Crippen LogP contribution < -0.4 is 20.3 Å². The fourth-order valence-electron chi connectivity index (χ4n) is 3.19. The molecule has 2 aromatic heterocycles. The van der Waals surface area contributed by atoms with E-state index >= 15 is 0 Å². The predicted octanol–water partition coefficient (Wildman–Crippen LogP) is 1.85. The Morgan fingerprint density at radius 2 is 2.19 bits per heavy atom. The summed E-state index contributed by atoms with van der Waals surface area (Å²) in [6.45, 7) is 1.83. The molecule has 27 heavy (non-hydrogen) atoms. The molecule has 0 radical (unpaired) electrons. The minimum atomic E-state index is -0.315. The Morgan fingerprint density at radius 3 is 3.07 bits per heavy atom. The van der Waals surface area contributed by atoms with Crippen molar-refractivity contribution in [3.8, 4) is 5.88 Å². The minimum absolute atomic E-state index is 0.0205. The van der Waals surface area contributed by atoms with Crippen molar-refractivity contribution in [2.24, 2.45) is 0 Å². The normalized spacial score (nSPS) is 15.7. The zero-order chi connectivity index (χ0) is 18.2. The van der Waals surface area contributed by atoms with E-state index in [0.717, 1.165) is 25.2 Å². The van der Waals surface area contributed by atoms with Crippen LogP contribution in [0.5, 0.6) is 5.88 Å². The van der Waals surface area contributed by atoms with E-state index < -0.39 is 0 Å². The molecule has 1 aromatic carbocycles. The van der Waals surface area contributed by atoms with Crippen LogP contribution in [0.1, 0.15) is 21.5 Å². The van der Waals surface area contributed by atoms with Gasteiger partial charge in [-0.15, -0.1) is 0 Å². The molecule has 136 valence electrons. The molecule has 2 N–H and O–H groups in total. The van der Waals surface area contributed by atoms with E-state index in [9.17, 15) is 4.79 Å². The first kappa shape index (κ1) is 15.8. The number of hydrogen-bond donors (Lipinski definition) is 2. The lowest BCUT2D eigenvalue weighted by Gasteiger charge is -2.24. The quantitative estimate of drug-likeness (QED) is 0.725. The summed E-state index contributed by atoms with van der Waals surface area (Å²) in [5.41, 5.74) is 3.77. The molecular weight excluding hydrogens is 348 g/mol. The Hall–Kier alpha value is -3.46. The van der Waals surface area contributed by atoms with Crippen molar-refractivity contribution >= 4 is 23.6 Å². The Morgan fingerprint density at radius 1 is 1.22 bits per heavy atom. The number of amides is 1. The van der Waals surface area contributed by atoms with Crippen molar-refractivity contribution in [1.29, 1.82) is 0 Å². The molecule has 2 aliphatic rings. The maximum absolute atomic E-state index is 12.6. The minimum Gasteiger partial charge on any atom is -0.455 e. The lowest BCUT2D eigenvalue weighted by molar-refractivity contribution is 0.0924. The number of rotatable bonds is 3. The van der Waals surface area contributed by atoms with Gasteiger partial charge in [-0.25, -0.2) is 14.9 Å². The Bertz CT molecular complexity index is 1000. The Kier molecular flexibility index (Phi) is 3.72. The summed E-state index contributed by atoms with van der Waals surface area (Å²) in [6.07, 6.45) is 5.34. The van der Waals surface area contributed by atoms with Crippen LogP contribution in [-0.4, -0.2) is 34.1 Å². The van der Waals surface area contributed by atoms with Gasteiger partial charge in [-0.05, 0) is 36.2 Å². The van der Waals surface area contributed by atoms with E-state index in [4.69, 9.17) is 9.15 Å². The molecule has 0 saturated heterocycles. The van der Waals surface area contributed by atoms with Gasteiger partial charge in [0.2, 0.25) is 11.8 Å². The van der Waals surface area contributed by atoms with Gasteiger partial charge in [0.05, 0.1) is 6.20 Å². The fraction of sp³-hybridized carbons (Fsp3) is 0.222. The standard InChI is InChI=1S/C18H16N6O3/c25-16-14-9-21-17(22-13-2-1-11-3-4-19-8-12(11)7-13)23-15(14)27-10-24(16)18-20-5-6-26-18/h1-2,5-7,9,19H,3-4,8,10H2,(H,21,22,23). The first-order valence-electron chi connectivity index (χ1n) is 8.59. The van der Waals surface area contributed by atoms with Crippen LogP contribution in [0.4, 0.5) is 17.7 Å². The monoisotopic (exact) mass is 364 g/mol. The van der Waals surface area contributed by atoms with E-state index in [0.29, 0.717) is 5.95 Å². The average molecular weight is 364 g/mol. The highest BCUT2D eigenvalue weighted by Crippen LogP contribution is 2.27. The second-order valence-corrected chi connectivity index (χ2v) is 6.27. The highest BCUT2D eigenvalue weighted by atomic mass is 16.5. The van der Waals surface area contributed by atoms with E-state index in [1.165, 1.54) is 34.7 Å². The lowest BCUT2D eigenvalue weighted by Crippen LogP contribution is -2.39. The van der Waals surface area contributed by atoms with Gasteiger partial charge in [0.25, 0.3) is 5.91 Å². The summed E-state index contributed by atoms with van der Waals surface area (Å²) in [6, 6.07) is 6.38. The second-order valence-electron chi connectivity index (χ2n) is 6.27. The molecule has 0 atom stereocenters. The summed E-state index contributed by atoms with van der Waals surface area (Å²) in [7, 11) is 0. The number of nitrogens with one attached hydrogen (secondary N) is 2. The van der Waals surface area contributed by atoms with Crippen molar-refractivity contribution in [3.63, 3.8) is 0 Å². The van der Waals surface area contributed by atoms with Crippen LogP contribution >= 0.6 is 0 Å². The summed E-state index contributed by atoms with van der Waals surface area (Å²) < 4.78 is 10.8. The number of oxazole rings is 1. The topological polar surface area (TPSA) is 105 Å². The number of ether oxygens (including phenoxy) is 1. The van der Waals surface area contributed by atoms with Gasteiger partial charge in [0, 0.05) is 18.4 Å². The van der Waals surface area contributed by atoms with Crippen LogP contribution in [0.25, 0.3) is 0 Å². The smallest absolute Gasteiger partial charge is 0.307 e. The van der Waals surface area contributed by atoms with Crippen LogP contribution in [0, 0.1) is 0 Å². The number of aromatic nitrogens is 3. The molecule has 0 saturated carbocycles. The summed E-state index contributed by atoms with van der Waals surface area (Å²) in [5.74, 6) is 0.292. The molecule has 0 fully saturated rings. The fourth-order valence-corrected chi connectivity index (χ4v) is 3.19. The molecular formula is C18H16N6O3. The summed E-state index contributed by atoms with van der Waals surface area (Å²) >= 11 is 0. The highest BCUT2D eigenvalue weighted by molar-refractivity contribution is 6.07. The largest absolute Gasteiger partial charge is 0.455 e. The van der Waals surface area contributed by atoms with E-state index in [2.05, 4.69) is 37.7 Å². The summed E-state index contributed by atoms with van der Waals surface area (Å²) in [4.78, 5) is 26.4. The third-order valence-corrected chi connectivity index (χ3v) is 4.56. The first-order chi connectivity index (χ1) is 13.3. The molecule has 0 aliphatic carbocycles. The van der Waals surface area contributed by atoms with Gasteiger partial charge in [-0.3, -0.25) is 4.79 Å². The molecule has 9 nitrogen and oxygen atoms in total. The third kappa shape index (κ3) is 2.87. The Balaban J connectivity index is 1.38. The van der Waals surface area contributed by atoms with E-state index in [-0.39, 0.29) is 30.1 Å². The maximum atomic E-state index is 12.6.